The van der Waals surface area contributed by atoms with Crippen LogP contribution in [0.25, 0.3) is 0 Å². The third-order valence-electron chi connectivity index (χ3n) is 6.16. The molecule has 0 spiro atoms. The van der Waals surface area contributed by atoms with E-state index in [0.717, 1.165) is 19.3 Å². The van der Waals surface area contributed by atoms with Crippen LogP contribution in [0.1, 0.15) is 45.4 Å². The van der Waals surface area contributed by atoms with E-state index in [1.54, 1.807) is 0 Å². The maximum absolute atomic E-state index is 5.80. The Morgan fingerprint density at radius 1 is 1.00 bits per heavy atom. The topological polar surface area (TPSA) is 27.7 Å². The van der Waals surface area contributed by atoms with Crippen molar-refractivity contribution in [3.05, 3.63) is 24.3 Å². The molecular weight excluding hydrogens is 298 g/mol. The Labute approximate surface area is 146 Å². The van der Waals surface area contributed by atoms with Crippen LogP contribution in [0.2, 0.25) is 0 Å². The molecule has 24 heavy (non-hydrogen) atoms. The lowest BCUT2D eigenvalue weighted by Crippen LogP contribution is -2.49. The van der Waals surface area contributed by atoms with Crippen molar-refractivity contribution >= 4 is 11.4 Å². The van der Waals surface area contributed by atoms with Gasteiger partial charge in [0.2, 0.25) is 0 Å². The van der Waals surface area contributed by atoms with E-state index in [2.05, 4.69) is 46.3 Å². The van der Waals surface area contributed by atoms with Gasteiger partial charge in [-0.15, -0.1) is 0 Å². The van der Waals surface area contributed by atoms with Gasteiger partial charge in [-0.25, -0.2) is 0 Å². The van der Waals surface area contributed by atoms with Gasteiger partial charge < -0.3 is 19.9 Å². The zero-order valence-corrected chi connectivity index (χ0v) is 14.9. The molecule has 1 aromatic rings. The lowest BCUT2D eigenvalue weighted by molar-refractivity contribution is 0.00948. The van der Waals surface area contributed by atoms with Crippen LogP contribution in [-0.4, -0.2) is 49.5 Å². The van der Waals surface area contributed by atoms with Crippen LogP contribution in [0.3, 0.4) is 0 Å². The number of fused-ring (bicyclic) bond motifs is 1. The van der Waals surface area contributed by atoms with E-state index in [-0.39, 0.29) is 0 Å². The van der Waals surface area contributed by atoms with Crippen molar-refractivity contribution in [3.63, 3.8) is 0 Å². The highest BCUT2D eigenvalue weighted by Crippen LogP contribution is 2.35. The molecule has 0 atom stereocenters. The average Bonchev–Trinajstić information content (AvgIpc) is 3.07. The number of nitrogens with one attached hydrogen (secondary N) is 1. The molecule has 1 aromatic carbocycles. The molecule has 4 nitrogen and oxygen atoms in total. The molecule has 2 aliphatic heterocycles. The van der Waals surface area contributed by atoms with Crippen molar-refractivity contribution in [1.29, 1.82) is 0 Å². The Morgan fingerprint density at radius 2 is 1.75 bits per heavy atom. The summed E-state index contributed by atoms with van der Waals surface area (Å²) in [6.07, 6.45) is 8.26. The lowest BCUT2D eigenvalue weighted by atomic mass is 9.90. The number of para-hydroxylation sites is 2. The molecule has 1 saturated carbocycles. The molecule has 2 fully saturated rings. The molecule has 0 bridgehead atoms. The number of benzene rings is 1. The maximum atomic E-state index is 5.80. The molecule has 1 N–H and O–H groups in total. The van der Waals surface area contributed by atoms with Gasteiger partial charge in [-0.05, 0) is 57.6 Å². The normalized spacial score (nSPS) is 28.6. The zero-order chi connectivity index (χ0) is 16.4. The molecule has 4 rings (SSSR count). The third kappa shape index (κ3) is 3.27. The first-order valence-electron chi connectivity index (χ1n) is 9.80. The zero-order valence-electron chi connectivity index (χ0n) is 14.9. The van der Waals surface area contributed by atoms with Crippen LogP contribution in [0.15, 0.2) is 24.3 Å². The van der Waals surface area contributed by atoms with Gasteiger partial charge in [-0.2, -0.15) is 0 Å². The van der Waals surface area contributed by atoms with Gasteiger partial charge in [0.1, 0.15) is 0 Å². The van der Waals surface area contributed by atoms with E-state index in [9.17, 15) is 0 Å². The number of ether oxygens (including phenoxy) is 1. The standard InChI is InChI=1S/C20H31N3O/c1-2-24-18-9-7-16(8-10-18)22-13-11-17(12-14-22)23-15-21-19-5-3-4-6-20(19)23/h3-6,16-18,21H,2,7-15H2,1H3. The van der Waals surface area contributed by atoms with E-state index in [4.69, 9.17) is 4.74 Å². The number of nitrogens with zero attached hydrogens (tertiary/aromatic N) is 2. The van der Waals surface area contributed by atoms with E-state index in [1.807, 2.05) is 0 Å². The second kappa shape index (κ2) is 7.32. The van der Waals surface area contributed by atoms with Crippen LogP contribution >= 0.6 is 0 Å². The summed E-state index contributed by atoms with van der Waals surface area (Å²) in [5, 5.41) is 3.54. The highest BCUT2D eigenvalue weighted by molar-refractivity contribution is 5.74. The fraction of sp³-hybridized carbons (Fsp3) is 0.700. The summed E-state index contributed by atoms with van der Waals surface area (Å²) >= 11 is 0. The first-order chi connectivity index (χ1) is 11.8. The molecular formula is C20H31N3O. The summed E-state index contributed by atoms with van der Waals surface area (Å²) in [7, 11) is 0. The molecule has 132 valence electrons. The van der Waals surface area contributed by atoms with Crippen LogP contribution in [-0.2, 0) is 4.74 Å². The SMILES string of the molecule is CCOC1CCC(N2CCC(N3CNc4ccccc43)CC2)CC1. The second-order valence-electron chi connectivity index (χ2n) is 7.47. The number of rotatable bonds is 4. The minimum Gasteiger partial charge on any atom is -0.379 e. The summed E-state index contributed by atoms with van der Waals surface area (Å²) in [6.45, 7) is 6.47. The summed E-state index contributed by atoms with van der Waals surface area (Å²) in [5.41, 5.74) is 2.70. The van der Waals surface area contributed by atoms with Gasteiger partial charge in [0.05, 0.1) is 24.1 Å². The largest absolute Gasteiger partial charge is 0.379 e. The minimum atomic E-state index is 0.524. The first-order valence-corrected chi connectivity index (χ1v) is 9.80. The van der Waals surface area contributed by atoms with Crippen molar-refractivity contribution in [1.82, 2.24) is 4.90 Å². The Balaban J connectivity index is 1.29. The fourth-order valence-corrected chi connectivity index (χ4v) is 4.83. The summed E-state index contributed by atoms with van der Waals surface area (Å²) < 4.78 is 5.80. The molecule has 4 heteroatoms. The fourth-order valence-electron chi connectivity index (χ4n) is 4.83. The molecule has 3 aliphatic rings. The molecule has 0 unspecified atom stereocenters. The van der Waals surface area contributed by atoms with Crippen molar-refractivity contribution < 1.29 is 4.74 Å². The highest BCUT2D eigenvalue weighted by atomic mass is 16.5. The van der Waals surface area contributed by atoms with Crippen molar-refractivity contribution in [2.75, 3.05) is 36.6 Å². The van der Waals surface area contributed by atoms with E-state index in [1.165, 1.54) is 63.0 Å². The van der Waals surface area contributed by atoms with Crippen LogP contribution < -0.4 is 10.2 Å². The maximum Gasteiger partial charge on any atom is 0.0880 e. The summed E-state index contributed by atoms with van der Waals surface area (Å²) in [6, 6.07) is 10.2. The molecule has 0 aromatic heterocycles. The van der Waals surface area contributed by atoms with Crippen molar-refractivity contribution in [2.45, 2.75) is 63.6 Å². The highest BCUT2D eigenvalue weighted by Gasteiger charge is 2.32. The number of anilines is 2. The Bertz CT molecular complexity index is 533. The predicted molar refractivity (Wildman–Crippen MR) is 99.7 cm³/mol. The molecule has 0 amide bonds. The molecule has 0 radical (unpaired) electrons. The lowest BCUT2D eigenvalue weighted by Gasteiger charge is -2.43. The average molecular weight is 329 g/mol. The van der Waals surface area contributed by atoms with Gasteiger partial charge >= 0.3 is 0 Å². The number of likely N-dealkylation sites (tertiary alicyclic amines) is 1. The van der Waals surface area contributed by atoms with Crippen molar-refractivity contribution in [3.8, 4) is 0 Å². The summed E-state index contributed by atoms with van der Waals surface area (Å²) in [5.74, 6) is 0. The number of piperidine rings is 1. The predicted octanol–water partition coefficient (Wildman–Crippen LogP) is 3.69. The third-order valence-corrected chi connectivity index (χ3v) is 6.16. The van der Waals surface area contributed by atoms with E-state index < -0.39 is 0 Å². The monoisotopic (exact) mass is 329 g/mol. The van der Waals surface area contributed by atoms with Gasteiger partial charge in [0.25, 0.3) is 0 Å². The van der Waals surface area contributed by atoms with Gasteiger partial charge in [0.15, 0.2) is 0 Å². The van der Waals surface area contributed by atoms with Crippen LogP contribution in [0.4, 0.5) is 11.4 Å². The quantitative estimate of drug-likeness (QED) is 0.912. The number of hydrogen-bond acceptors (Lipinski definition) is 4. The van der Waals surface area contributed by atoms with Crippen molar-refractivity contribution in [2.24, 2.45) is 0 Å². The molecule has 2 heterocycles. The van der Waals surface area contributed by atoms with Crippen LogP contribution in [0.5, 0.6) is 0 Å². The first kappa shape index (κ1) is 16.2. The Hall–Kier alpha value is -1.26. The minimum absolute atomic E-state index is 0.524. The molecule has 1 aliphatic carbocycles. The van der Waals surface area contributed by atoms with Gasteiger partial charge in [-0.1, -0.05) is 12.1 Å². The number of hydrogen-bond donors (Lipinski definition) is 1. The molecule has 1 saturated heterocycles. The van der Waals surface area contributed by atoms with Gasteiger partial charge in [-0.3, -0.25) is 0 Å². The van der Waals surface area contributed by atoms with Crippen LogP contribution in [0, 0.1) is 0 Å². The van der Waals surface area contributed by atoms with Gasteiger partial charge in [0, 0.05) is 31.8 Å². The second-order valence-corrected chi connectivity index (χ2v) is 7.47. The Morgan fingerprint density at radius 3 is 2.50 bits per heavy atom. The smallest absolute Gasteiger partial charge is 0.0880 e. The summed E-state index contributed by atoms with van der Waals surface area (Å²) in [4.78, 5) is 5.34. The van der Waals surface area contributed by atoms with E-state index >= 15 is 0 Å². The Kier molecular flexibility index (Phi) is 4.95. The van der Waals surface area contributed by atoms with E-state index in [0.29, 0.717) is 12.1 Å².